The number of hydrogen-bond acceptors (Lipinski definition) is 5. The molecule has 0 saturated carbocycles. The fourth-order valence-corrected chi connectivity index (χ4v) is 3.93. The molecule has 0 bridgehead atoms. The van der Waals surface area contributed by atoms with Crippen LogP contribution in [-0.2, 0) is 13.6 Å². The molecule has 0 aromatic heterocycles. The number of aliphatic hydroxyl groups excluding tert-OH is 1. The number of rotatable bonds is 20. The first-order valence-electron chi connectivity index (χ1n) is 11.3. The van der Waals surface area contributed by atoms with Crippen LogP contribution in [-0.4, -0.2) is 56.6 Å². The van der Waals surface area contributed by atoms with E-state index in [9.17, 15) is 14.6 Å². The quantitative estimate of drug-likeness (QED) is 0.175. The minimum Gasteiger partial charge on any atom is -0.756 e. The maximum atomic E-state index is 11.9. The highest BCUT2D eigenvalue weighted by Gasteiger charge is 2.18. The van der Waals surface area contributed by atoms with Crippen LogP contribution >= 0.6 is 7.82 Å². The Morgan fingerprint density at radius 2 is 1.36 bits per heavy atom. The van der Waals surface area contributed by atoms with Gasteiger partial charge in [-0.15, -0.1) is 0 Å². The molecule has 2 unspecified atom stereocenters. The number of nitrogens with zero attached hydrogens (tertiary/aromatic N) is 1. The molecule has 2 atom stereocenters. The number of hydrogen-bond donors (Lipinski definition) is 1. The Morgan fingerprint density at radius 3 is 1.79 bits per heavy atom. The zero-order valence-corrected chi connectivity index (χ0v) is 19.8. The summed E-state index contributed by atoms with van der Waals surface area (Å²) < 4.78 is 22.4. The van der Waals surface area contributed by atoms with E-state index < -0.39 is 13.9 Å². The molecule has 0 aliphatic carbocycles. The number of aliphatic hydroxyl groups is 1. The predicted molar refractivity (Wildman–Crippen MR) is 114 cm³/mol. The van der Waals surface area contributed by atoms with E-state index in [1.54, 1.807) is 0 Å². The Kier molecular flexibility index (Phi) is 16.8. The topological polar surface area (TPSA) is 78.8 Å². The van der Waals surface area contributed by atoms with Crippen molar-refractivity contribution < 1.29 is 28.1 Å². The van der Waals surface area contributed by atoms with E-state index in [-0.39, 0.29) is 13.2 Å². The van der Waals surface area contributed by atoms with Crippen molar-refractivity contribution in [2.24, 2.45) is 0 Å². The number of quaternary nitrogens is 1. The Bertz CT molecular complexity index is 401. The number of phosphoric acid groups is 1. The van der Waals surface area contributed by atoms with Crippen LogP contribution in [0.15, 0.2) is 0 Å². The number of phosphoric ester groups is 1. The van der Waals surface area contributed by atoms with E-state index >= 15 is 0 Å². The second-order valence-electron chi connectivity index (χ2n) is 8.88. The molecule has 0 amide bonds. The van der Waals surface area contributed by atoms with Crippen LogP contribution in [0.4, 0.5) is 0 Å². The molecule has 0 heterocycles. The molecule has 0 spiro atoms. The second-order valence-corrected chi connectivity index (χ2v) is 10.2. The molecule has 0 radical (unpaired) electrons. The normalized spacial score (nSPS) is 15.5. The standard InChI is InChI=1S/C21H46NO5P/c1-5-6-7-8-9-10-11-12-13-14-15-16-17-21(20-23)27-28(24,25)26-19-18-22(2,3)4/h21,23H,5-20H2,1-4H3. The first kappa shape index (κ1) is 28.0. The molecule has 0 aliphatic heterocycles. The summed E-state index contributed by atoms with van der Waals surface area (Å²) in [7, 11) is 1.53. The largest absolute Gasteiger partial charge is 0.756 e. The van der Waals surface area contributed by atoms with Gasteiger partial charge in [0.05, 0.1) is 33.9 Å². The lowest BCUT2D eigenvalue weighted by Gasteiger charge is -2.29. The lowest BCUT2D eigenvalue weighted by Crippen LogP contribution is -2.37. The van der Waals surface area contributed by atoms with Crippen molar-refractivity contribution in [3.8, 4) is 0 Å². The highest BCUT2D eigenvalue weighted by atomic mass is 31.2. The van der Waals surface area contributed by atoms with Crippen LogP contribution < -0.4 is 4.89 Å². The molecular formula is C21H46NO5P. The second kappa shape index (κ2) is 16.8. The van der Waals surface area contributed by atoms with E-state index in [0.717, 1.165) is 19.3 Å². The van der Waals surface area contributed by atoms with Crippen molar-refractivity contribution in [3.05, 3.63) is 0 Å². The van der Waals surface area contributed by atoms with Crippen molar-refractivity contribution in [1.82, 2.24) is 0 Å². The van der Waals surface area contributed by atoms with E-state index in [4.69, 9.17) is 9.05 Å². The van der Waals surface area contributed by atoms with Crippen molar-refractivity contribution in [3.63, 3.8) is 0 Å². The molecule has 6 nitrogen and oxygen atoms in total. The molecular weight excluding hydrogens is 377 g/mol. The monoisotopic (exact) mass is 423 g/mol. The number of unbranched alkanes of at least 4 members (excludes halogenated alkanes) is 11. The number of likely N-dealkylation sites (N-methyl/N-ethyl adjacent to an activating group) is 1. The lowest BCUT2D eigenvalue weighted by molar-refractivity contribution is -0.870. The summed E-state index contributed by atoms with van der Waals surface area (Å²) in [6.07, 6.45) is 14.9. The van der Waals surface area contributed by atoms with Gasteiger partial charge in [-0.05, 0) is 6.42 Å². The molecule has 0 rings (SSSR count). The van der Waals surface area contributed by atoms with Crippen LogP contribution in [0, 0.1) is 0 Å². The molecule has 0 fully saturated rings. The maximum Gasteiger partial charge on any atom is 0.268 e. The molecule has 0 aromatic rings. The summed E-state index contributed by atoms with van der Waals surface area (Å²) in [5.74, 6) is 0. The van der Waals surface area contributed by atoms with Gasteiger partial charge in [-0.3, -0.25) is 4.57 Å². The SMILES string of the molecule is CCCCCCCCCCCCCCC(CO)OP(=O)([O-])OCC[N+](C)(C)C. The van der Waals surface area contributed by atoms with Crippen molar-refractivity contribution in [1.29, 1.82) is 0 Å². The van der Waals surface area contributed by atoms with Gasteiger partial charge in [0.25, 0.3) is 7.82 Å². The first-order valence-corrected chi connectivity index (χ1v) is 12.7. The van der Waals surface area contributed by atoms with Crippen molar-refractivity contribution in [2.75, 3.05) is 40.9 Å². The van der Waals surface area contributed by atoms with Crippen molar-refractivity contribution >= 4 is 7.82 Å². The van der Waals surface area contributed by atoms with Gasteiger partial charge in [0.2, 0.25) is 0 Å². The zero-order chi connectivity index (χ0) is 21.3. The average Bonchev–Trinajstić information content (AvgIpc) is 2.60. The highest BCUT2D eigenvalue weighted by Crippen LogP contribution is 2.40. The summed E-state index contributed by atoms with van der Waals surface area (Å²) in [5, 5.41) is 9.38. The summed E-state index contributed by atoms with van der Waals surface area (Å²) in [4.78, 5) is 11.9. The third-order valence-electron chi connectivity index (χ3n) is 4.87. The third-order valence-corrected chi connectivity index (χ3v) is 5.93. The molecule has 0 aliphatic rings. The minimum atomic E-state index is -4.36. The zero-order valence-electron chi connectivity index (χ0n) is 18.9. The smallest absolute Gasteiger partial charge is 0.268 e. The molecule has 28 heavy (non-hydrogen) atoms. The van der Waals surface area contributed by atoms with E-state index in [1.165, 1.54) is 57.8 Å². The van der Waals surface area contributed by atoms with Gasteiger partial charge in [-0.25, -0.2) is 0 Å². The summed E-state index contributed by atoms with van der Waals surface area (Å²) in [6.45, 7) is 2.59. The van der Waals surface area contributed by atoms with E-state index in [1.807, 2.05) is 21.1 Å². The van der Waals surface area contributed by atoms with Gasteiger partial charge in [-0.2, -0.15) is 0 Å². The first-order chi connectivity index (χ1) is 13.2. The minimum absolute atomic E-state index is 0.0844. The van der Waals surface area contributed by atoms with Crippen LogP contribution in [0.5, 0.6) is 0 Å². The van der Waals surface area contributed by atoms with Crippen LogP contribution in [0.2, 0.25) is 0 Å². The summed E-state index contributed by atoms with van der Waals surface area (Å²) in [5.41, 5.74) is 0. The van der Waals surface area contributed by atoms with Gasteiger partial charge in [0, 0.05) is 0 Å². The van der Waals surface area contributed by atoms with Crippen LogP contribution in [0.3, 0.4) is 0 Å². The summed E-state index contributed by atoms with van der Waals surface area (Å²) >= 11 is 0. The van der Waals surface area contributed by atoms with Crippen LogP contribution in [0.25, 0.3) is 0 Å². The third kappa shape index (κ3) is 19.4. The molecule has 0 saturated heterocycles. The Hall–Kier alpha value is 0.0300. The fraction of sp³-hybridized carbons (Fsp3) is 1.00. The Labute approximate surface area is 173 Å². The Balaban J connectivity index is 3.68. The van der Waals surface area contributed by atoms with Gasteiger partial charge < -0.3 is 23.5 Å². The van der Waals surface area contributed by atoms with Gasteiger partial charge >= 0.3 is 0 Å². The van der Waals surface area contributed by atoms with Gasteiger partial charge in [-0.1, -0.05) is 84.0 Å². The Morgan fingerprint density at radius 1 is 0.893 bits per heavy atom. The lowest BCUT2D eigenvalue weighted by atomic mass is 10.0. The molecule has 1 N–H and O–H groups in total. The molecule has 7 heteroatoms. The average molecular weight is 424 g/mol. The van der Waals surface area contributed by atoms with Gasteiger partial charge in [0.1, 0.15) is 13.2 Å². The highest BCUT2D eigenvalue weighted by molar-refractivity contribution is 7.45. The molecule has 170 valence electrons. The van der Waals surface area contributed by atoms with Crippen LogP contribution in [0.1, 0.15) is 90.4 Å². The maximum absolute atomic E-state index is 11.9. The van der Waals surface area contributed by atoms with Gasteiger partial charge in [0.15, 0.2) is 0 Å². The van der Waals surface area contributed by atoms with Crippen molar-refractivity contribution in [2.45, 2.75) is 96.5 Å². The molecule has 0 aromatic carbocycles. The van der Waals surface area contributed by atoms with E-state index in [0.29, 0.717) is 17.4 Å². The fourth-order valence-electron chi connectivity index (χ4n) is 3.03. The predicted octanol–water partition coefficient (Wildman–Crippen LogP) is 4.65. The summed E-state index contributed by atoms with van der Waals surface area (Å²) in [6, 6.07) is 0. The van der Waals surface area contributed by atoms with E-state index in [2.05, 4.69) is 6.92 Å².